The average Bonchev–Trinajstić information content (AvgIpc) is 2.44. The number of hydrogen-bond donors (Lipinski definition) is 0. The second-order valence-electron chi connectivity index (χ2n) is 3.19. The topological polar surface area (TPSA) is 43.6 Å². The summed E-state index contributed by atoms with van der Waals surface area (Å²) in [6.45, 7) is 2.11. The van der Waals surface area contributed by atoms with E-state index < -0.39 is 0 Å². The van der Waals surface area contributed by atoms with Gasteiger partial charge in [-0.3, -0.25) is 4.68 Å². The summed E-state index contributed by atoms with van der Waals surface area (Å²) in [7, 11) is 1.89. The zero-order chi connectivity index (χ0) is 10.1. The molecule has 0 N–H and O–H groups in total. The van der Waals surface area contributed by atoms with Gasteiger partial charge in [0, 0.05) is 7.05 Å². The van der Waals surface area contributed by atoms with Gasteiger partial charge in [0.15, 0.2) is 0 Å². The van der Waals surface area contributed by atoms with E-state index in [9.17, 15) is 0 Å². The number of hydrogen-bond acceptors (Lipinski definition) is 3. The molecule has 0 aliphatic heterocycles. The fourth-order valence-corrected chi connectivity index (χ4v) is 1.62. The Morgan fingerprint density at radius 3 is 3.00 bits per heavy atom. The lowest BCUT2D eigenvalue weighted by atomic mass is 10.2. The van der Waals surface area contributed by atoms with Crippen LogP contribution in [0.5, 0.6) is 0 Å². The molecule has 0 unspecified atom stereocenters. The van der Waals surface area contributed by atoms with Crippen LogP contribution in [-0.4, -0.2) is 19.7 Å². The lowest BCUT2D eigenvalue weighted by Gasteiger charge is -1.92. The van der Waals surface area contributed by atoms with Crippen molar-refractivity contribution in [3.63, 3.8) is 0 Å². The average molecular weight is 211 g/mol. The van der Waals surface area contributed by atoms with E-state index in [0.717, 1.165) is 29.6 Å². The molecule has 0 saturated heterocycles. The van der Waals surface area contributed by atoms with E-state index >= 15 is 0 Å². The van der Waals surface area contributed by atoms with E-state index in [1.165, 1.54) is 0 Å². The van der Waals surface area contributed by atoms with Gasteiger partial charge < -0.3 is 0 Å². The van der Waals surface area contributed by atoms with Crippen molar-refractivity contribution in [2.45, 2.75) is 19.8 Å². The standard InChI is InChI=1S/C9H11ClN4/c1-3-4-6-8-7(14(2)13-6)5-11-9(10)12-8/h5H,3-4H2,1-2H3. The quantitative estimate of drug-likeness (QED) is 0.712. The molecule has 0 spiro atoms. The first kappa shape index (κ1) is 9.40. The molecule has 0 saturated carbocycles. The molecular formula is C9H11ClN4. The molecule has 0 radical (unpaired) electrons. The summed E-state index contributed by atoms with van der Waals surface area (Å²) in [5, 5.41) is 4.66. The largest absolute Gasteiger partial charge is 0.264 e. The van der Waals surface area contributed by atoms with Gasteiger partial charge in [-0.1, -0.05) is 13.3 Å². The van der Waals surface area contributed by atoms with E-state index in [1.54, 1.807) is 10.9 Å². The minimum atomic E-state index is 0.280. The molecule has 5 heteroatoms. The van der Waals surface area contributed by atoms with E-state index in [0.29, 0.717) is 0 Å². The molecule has 4 nitrogen and oxygen atoms in total. The smallest absolute Gasteiger partial charge is 0.223 e. The Morgan fingerprint density at radius 1 is 1.50 bits per heavy atom. The molecule has 0 bridgehead atoms. The second kappa shape index (κ2) is 3.53. The summed E-state index contributed by atoms with van der Waals surface area (Å²) in [6, 6.07) is 0. The van der Waals surface area contributed by atoms with E-state index in [1.807, 2.05) is 7.05 Å². The fourth-order valence-electron chi connectivity index (χ4n) is 1.49. The Hall–Kier alpha value is -1.16. The maximum atomic E-state index is 5.74. The number of rotatable bonds is 2. The Balaban J connectivity index is 2.66. The summed E-state index contributed by atoms with van der Waals surface area (Å²) in [5.41, 5.74) is 2.79. The van der Waals surface area contributed by atoms with E-state index in [-0.39, 0.29) is 5.28 Å². The normalized spacial score (nSPS) is 11.1. The van der Waals surface area contributed by atoms with Gasteiger partial charge in [0.25, 0.3) is 0 Å². The molecule has 2 aromatic heterocycles. The summed E-state index contributed by atoms with van der Waals surface area (Å²) in [4.78, 5) is 8.12. The minimum Gasteiger partial charge on any atom is -0.264 e. The molecule has 2 rings (SSSR count). The van der Waals surface area contributed by atoms with Crippen molar-refractivity contribution in [1.29, 1.82) is 0 Å². The molecular weight excluding hydrogens is 200 g/mol. The van der Waals surface area contributed by atoms with Crippen LogP contribution in [0.15, 0.2) is 6.20 Å². The lowest BCUT2D eigenvalue weighted by molar-refractivity contribution is 0.752. The zero-order valence-electron chi connectivity index (χ0n) is 8.16. The number of aromatic nitrogens is 4. The van der Waals surface area contributed by atoms with Gasteiger partial charge in [0.05, 0.1) is 11.9 Å². The van der Waals surface area contributed by atoms with Crippen LogP contribution in [0.1, 0.15) is 19.0 Å². The Labute approximate surface area is 86.9 Å². The zero-order valence-corrected chi connectivity index (χ0v) is 8.91. The van der Waals surface area contributed by atoms with Gasteiger partial charge in [-0.15, -0.1) is 0 Å². The first-order valence-electron chi connectivity index (χ1n) is 4.56. The number of nitrogens with zero attached hydrogens (tertiary/aromatic N) is 4. The summed E-state index contributed by atoms with van der Waals surface area (Å²) >= 11 is 5.74. The van der Waals surface area contributed by atoms with Crippen LogP contribution in [0, 0.1) is 0 Å². The maximum absolute atomic E-state index is 5.74. The monoisotopic (exact) mass is 210 g/mol. The Morgan fingerprint density at radius 2 is 2.29 bits per heavy atom. The van der Waals surface area contributed by atoms with Crippen LogP contribution in [-0.2, 0) is 13.5 Å². The highest BCUT2D eigenvalue weighted by Crippen LogP contribution is 2.17. The molecule has 0 fully saturated rings. The lowest BCUT2D eigenvalue weighted by Crippen LogP contribution is -1.91. The predicted molar refractivity (Wildman–Crippen MR) is 55.3 cm³/mol. The SMILES string of the molecule is CCCc1nn(C)c2cnc(Cl)nc12. The van der Waals surface area contributed by atoms with Crippen LogP contribution in [0.25, 0.3) is 11.0 Å². The summed E-state index contributed by atoms with van der Waals surface area (Å²) in [6.07, 6.45) is 3.68. The first-order chi connectivity index (χ1) is 6.72. The van der Waals surface area contributed by atoms with Crippen LogP contribution in [0.4, 0.5) is 0 Å². The molecule has 0 amide bonds. The van der Waals surface area contributed by atoms with Crippen molar-refractivity contribution < 1.29 is 0 Å². The highest BCUT2D eigenvalue weighted by Gasteiger charge is 2.09. The molecule has 2 aromatic rings. The first-order valence-corrected chi connectivity index (χ1v) is 4.94. The number of halogens is 1. The van der Waals surface area contributed by atoms with Gasteiger partial charge in [-0.2, -0.15) is 5.10 Å². The van der Waals surface area contributed by atoms with Crippen LogP contribution in [0.2, 0.25) is 5.28 Å². The predicted octanol–water partition coefficient (Wildman–Crippen LogP) is 1.97. The molecule has 0 aliphatic rings. The Kier molecular flexibility index (Phi) is 2.37. The van der Waals surface area contributed by atoms with Gasteiger partial charge in [-0.25, -0.2) is 9.97 Å². The van der Waals surface area contributed by atoms with E-state index in [4.69, 9.17) is 11.6 Å². The van der Waals surface area contributed by atoms with Crippen LogP contribution in [0.3, 0.4) is 0 Å². The third kappa shape index (κ3) is 1.46. The number of aryl methyl sites for hydroxylation is 2. The third-order valence-corrected chi connectivity index (χ3v) is 2.30. The van der Waals surface area contributed by atoms with Crippen molar-refractivity contribution >= 4 is 22.6 Å². The summed E-state index contributed by atoms with van der Waals surface area (Å²) < 4.78 is 1.79. The van der Waals surface area contributed by atoms with Crippen molar-refractivity contribution in [1.82, 2.24) is 19.7 Å². The Bertz CT molecular complexity index is 463. The molecule has 0 aliphatic carbocycles. The molecule has 0 atom stereocenters. The van der Waals surface area contributed by atoms with Crippen molar-refractivity contribution in [2.24, 2.45) is 7.05 Å². The van der Waals surface area contributed by atoms with Crippen molar-refractivity contribution in [3.05, 3.63) is 17.2 Å². The van der Waals surface area contributed by atoms with Gasteiger partial charge in [-0.05, 0) is 18.0 Å². The minimum absolute atomic E-state index is 0.280. The van der Waals surface area contributed by atoms with Crippen molar-refractivity contribution in [3.8, 4) is 0 Å². The highest BCUT2D eigenvalue weighted by molar-refractivity contribution is 6.28. The van der Waals surface area contributed by atoms with Gasteiger partial charge in [0.2, 0.25) is 5.28 Å². The molecule has 2 heterocycles. The molecule has 14 heavy (non-hydrogen) atoms. The van der Waals surface area contributed by atoms with Gasteiger partial charge >= 0.3 is 0 Å². The maximum Gasteiger partial charge on any atom is 0.223 e. The van der Waals surface area contributed by atoms with Gasteiger partial charge in [0.1, 0.15) is 11.0 Å². The van der Waals surface area contributed by atoms with Crippen LogP contribution >= 0.6 is 11.6 Å². The van der Waals surface area contributed by atoms with E-state index in [2.05, 4.69) is 22.0 Å². The fraction of sp³-hybridized carbons (Fsp3) is 0.444. The molecule has 0 aromatic carbocycles. The second-order valence-corrected chi connectivity index (χ2v) is 3.53. The summed E-state index contributed by atoms with van der Waals surface area (Å²) in [5.74, 6) is 0. The van der Waals surface area contributed by atoms with Crippen molar-refractivity contribution in [2.75, 3.05) is 0 Å². The molecule has 74 valence electrons. The number of fused-ring (bicyclic) bond motifs is 1. The third-order valence-electron chi connectivity index (χ3n) is 2.12. The highest BCUT2D eigenvalue weighted by atomic mass is 35.5. The van der Waals surface area contributed by atoms with Crippen LogP contribution < -0.4 is 0 Å².